The minimum Gasteiger partial charge on any atom is -0.313 e. The van der Waals surface area contributed by atoms with E-state index < -0.39 is 0 Å². The summed E-state index contributed by atoms with van der Waals surface area (Å²) < 4.78 is 0. The van der Waals surface area contributed by atoms with Gasteiger partial charge >= 0.3 is 0 Å². The number of likely N-dealkylation sites (N-methyl/N-ethyl adjacent to an activating group) is 1. The number of rotatable bonds is 4. The fourth-order valence-corrected chi connectivity index (χ4v) is 2.97. The first-order valence-electron chi connectivity index (χ1n) is 6.69. The molecule has 0 aromatic heterocycles. The molecule has 1 unspecified atom stereocenters. The van der Waals surface area contributed by atoms with E-state index in [2.05, 4.69) is 37.4 Å². The lowest BCUT2D eigenvalue weighted by atomic mass is 9.95. The summed E-state index contributed by atoms with van der Waals surface area (Å²) in [5.74, 6) is 0. The number of halogens is 2. The van der Waals surface area contributed by atoms with E-state index in [-0.39, 0.29) is 6.04 Å². The van der Waals surface area contributed by atoms with E-state index in [1.54, 1.807) is 0 Å². The molecular weight excluding hydrogens is 289 g/mol. The van der Waals surface area contributed by atoms with Crippen molar-refractivity contribution >= 4 is 23.2 Å². The standard InChI is InChI=1S/C17H19Cl2N/c1-11-4-5-13(16(19)8-11)10-17(20-3)15-7-6-14(18)9-12(15)2/h4-9,17,20H,10H2,1-3H3. The van der Waals surface area contributed by atoms with Crippen molar-refractivity contribution in [2.45, 2.75) is 26.3 Å². The van der Waals surface area contributed by atoms with E-state index in [9.17, 15) is 0 Å². The van der Waals surface area contributed by atoms with Crippen LogP contribution in [0.25, 0.3) is 0 Å². The second-order valence-electron chi connectivity index (χ2n) is 5.14. The van der Waals surface area contributed by atoms with Gasteiger partial charge in [-0.25, -0.2) is 0 Å². The molecule has 0 aliphatic heterocycles. The van der Waals surface area contributed by atoms with Crippen LogP contribution in [0.2, 0.25) is 10.0 Å². The smallest absolute Gasteiger partial charge is 0.0441 e. The number of benzene rings is 2. The highest BCUT2D eigenvalue weighted by Crippen LogP contribution is 2.27. The van der Waals surface area contributed by atoms with E-state index >= 15 is 0 Å². The third-order valence-electron chi connectivity index (χ3n) is 3.59. The molecule has 1 atom stereocenters. The van der Waals surface area contributed by atoms with Gasteiger partial charge in [0.05, 0.1) is 0 Å². The van der Waals surface area contributed by atoms with Crippen LogP contribution in [0.1, 0.15) is 28.3 Å². The van der Waals surface area contributed by atoms with E-state index in [1.165, 1.54) is 16.7 Å². The lowest BCUT2D eigenvalue weighted by Gasteiger charge is -2.20. The maximum atomic E-state index is 6.33. The molecule has 0 aliphatic carbocycles. The molecule has 0 spiro atoms. The zero-order chi connectivity index (χ0) is 14.7. The lowest BCUT2D eigenvalue weighted by Crippen LogP contribution is -2.20. The van der Waals surface area contributed by atoms with Crippen LogP contribution in [0.15, 0.2) is 36.4 Å². The van der Waals surface area contributed by atoms with Crippen molar-refractivity contribution in [1.82, 2.24) is 5.32 Å². The molecule has 1 N–H and O–H groups in total. The first-order valence-corrected chi connectivity index (χ1v) is 7.45. The van der Waals surface area contributed by atoms with Gasteiger partial charge in [0, 0.05) is 16.1 Å². The van der Waals surface area contributed by atoms with Crippen molar-refractivity contribution in [2.24, 2.45) is 0 Å². The molecule has 0 fully saturated rings. The first kappa shape index (κ1) is 15.4. The topological polar surface area (TPSA) is 12.0 Å². The Labute approximate surface area is 130 Å². The molecule has 20 heavy (non-hydrogen) atoms. The average Bonchev–Trinajstić information content (AvgIpc) is 2.39. The molecule has 1 nitrogen and oxygen atoms in total. The Morgan fingerprint density at radius 2 is 1.80 bits per heavy atom. The van der Waals surface area contributed by atoms with E-state index in [0.717, 1.165) is 22.0 Å². The summed E-state index contributed by atoms with van der Waals surface area (Å²) in [7, 11) is 1.97. The van der Waals surface area contributed by atoms with E-state index in [0.29, 0.717) is 0 Å². The zero-order valence-corrected chi connectivity index (χ0v) is 13.5. The molecule has 0 amide bonds. The van der Waals surface area contributed by atoms with Crippen molar-refractivity contribution in [3.8, 4) is 0 Å². The van der Waals surface area contributed by atoms with Crippen LogP contribution in [0.5, 0.6) is 0 Å². The molecule has 0 radical (unpaired) electrons. The van der Waals surface area contributed by atoms with Crippen molar-refractivity contribution in [3.63, 3.8) is 0 Å². The molecule has 2 aromatic rings. The molecule has 106 valence electrons. The molecule has 3 heteroatoms. The number of hydrogen-bond acceptors (Lipinski definition) is 1. The maximum Gasteiger partial charge on any atom is 0.0441 e. The van der Waals surface area contributed by atoms with Crippen molar-refractivity contribution in [3.05, 3.63) is 68.7 Å². The quantitative estimate of drug-likeness (QED) is 0.827. The Bertz CT molecular complexity index is 608. The maximum absolute atomic E-state index is 6.33. The Morgan fingerprint density at radius 3 is 2.40 bits per heavy atom. The van der Waals surface area contributed by atoms with Gasteiger partial charge in [-0.1, -0.05) is 41.4 Å². The Kier molecular flexibility index (Phi) is 5.09. The predicted octanol–water partition coefficient (Wildman–Crippen LogP) is 5.11. The van der Waals surface area contributed by atoms with E-state index in [1.807, 2.05) is 25.2 Å². The minimum atomic E-state index is 0.229. The Morgan fingerprint density at radius 1 is 1.05 bits per heavy atom. The summed E-state index contributed by atoms with van der Waals surface area (Å²) in [5, 5.41) is 4.97. The number of nitrogens with one attached hydrogen (secondary N) is 1. The summed E-state index contributed by atoms with van der Waals surface area (Å²) >= 11 is 12.4. The van der Waals surface area contributed by atoms with Gasteiger partial charge in [-0.2, -0.15) is 0 Å². The van der Waals surface area contributed by atoms with Gasteiger partial charge in [-0.05, 0) is 67.8 Å². The minimum absolute atomic E-state index is 0.229. The molecule has 2 rings (SSSR count). The van der Waals surface area contributed by atoms with Crippen LogP contribution in [0, 0.1) is 13.8 Å². The SMILES string of the molecule is CNC(Cc1ccc(C)cc1Cl)c1ccc(Cl)cc1C. The van der Waals surface area contributed by atoms with Gasteiger partial charge in [0.15, 0.2) is 0 Å². The fourth-order valence-electron chi connectivity index (χ4n) is 2.44. The van der Waals surface area contributed by atoms with Gasteiger partial charge in [0.2, 0.25) is 0 Å². The van der Waals surface area contributed by atoms with Crippen molar-refractivity contribution in [1.29, 1.82) is 0 Å². The molecule has 2 aromatic carbocycles. The molecule has 0 aliphatic rings. The third-order valence-corrected chi connectivity index (χ3v) is 4.18. The van der Waals surface area contributed by atoms with Crippen LogP contribution in [-0.4, -0.2) is 7.05 Å². The second kappa shape index (κ2) is 6.62. The summed E-state index contributed by atoms with van der Waals surface area (Å²) in [6.45, 7) is 4.14. The summed E-state index contributed by atoms with van der Waals surface area (Å²) in [4.78, 5) is 0. The van der Waals surface area contributed by atoms with Gasteiger partial charge in [0.1, 0.15) is 0 Å². The van der Waals surface area contributed by atoms with Gasteiger partial charge in [-0.3, -0.25) is 0 Å². The molecule has 0 saturated carbocycles. The highest BCUT2D eigenvalue weighted by Gasteiger charge is 2.14. The second-order valence-corrected chi connectivity index (χ2v) is 5.98. The monoisotopic (exact) mass is 307 g/mol. The number of hydrogen-bond donors (Lipinski definition) is 1. The van der Waals surface area contributed by atoms with Crippen LogP contribution < -0.4 is 5.32 Å². The van der Waals surface area contributed by atoms with Gasteiger partial charge in [-0.15, -0.1) is 0 Å². The Hall–Kier alpha value is -1.02. The lowest BCUT2D eigenvalue weighted by molar-refractivity contribution is 0.589. The first-order chi connectivity index (χ1) is 9.51. The summed E-state index contributed by atoms with van der Waals surface area (Å²) in [6.07, 6.45) is 0.859. The number of aryl methyl sites for hydroxylation is 2. The summed E-state index contributed by atoms with van der Waals surface area (Å²) in [6, 6.07) is 12.5. The van der Waals surface area contributed by atoms with Crippen LogP contribution >= 0.6 is 23.2 Å². The highest BCUT2D eigenvalue weighted by atomic mass is 35.5. The fraction of sp³-hybridized carbons (Fsp3) is 0.294. The van der Waals surface area contributed by atoms with E-state index in [4.69, 9.17) is 23.2 Å². The zero-order valence-electron chi connectivity index (χ0n) is 12.0. The third kappa shape index (κ3) is 3.54. The molecule has 0 saturated heterocycles. The molecule has 0 bridgehead atoms. The Balaban J connectivity index is 2.28. The van der Waals surface area contributed by atoms with Crippen LogP contribution in [0.4, 0.5) is 0 Å². The molecule has 0 heterocycles. The molecular formula is C17H19Cl2N. The normalized spacial score (nSPS) is 12.4. The van der Waals surface area contributed by atoms with Crippen LogP contribution in [0.3, 0.4) is 0 Å². The van der Waals surface area contributed by atoms with Gasteiger partial charge in [0.25, 0.3) is 0 Å². The van der Waals surface area contributed by atoms with Crippen molar-refractivity contribution in [2.75, 3.05) is 7.05 Å². The van der Waals surface area contributed by atoms with Crippen molar-refractivity contribution < 1.29 is 0 Å². The summed E-state index contributed by atoms with van der Waals surface area (Å²) in [5.41, 5.74) is 4.79. The average molecular weight is 308 g/mol. The van der Waals surface area contributed by atoms with Crippen LogP contribution in [-0.2, 0) is 6.42 Å². The highest BCUT2D eigenvalue weighted by molar-refractivity contribution is 6.31. The van der Waals surface area contributed by atoms with Gasteiger partial charge < -0.3 is 5.32 Å². The largest absolute Gasteiger partial charge is 0.313 e. The predicted molar refractivity (Wildman–Crippen MR) is 87.9 cm³/mol.